The van der Waals surface area contributed by atoms with Crippen LogP contribution < -0.4 is 0 Å². The Bertz CT molecular complexity index is 653. The lowest BCUT2D eigenvalue weighted by Crippen LogP contribution is -2.31. The van der Waals surface area contributed by atoms with E-state index in [-0.39, 0.29) is 12.3 Å². The van der Waals surface area contributed by atoms with Crippen molar-refractivity contribution >= 4 is 10.0 Å². The van der Waals surface area contributed by atoms with Crippen molar-refractivity contribution in [3.8, 4) is 0 Å². The summed E-state index contributed by atoms with van der Waals surface area (Å²) in [5, 5.41) is 7.39. The molecule has 108 valence electrons. The molecule has 0 aliphatic rings. The summed E-state index contributed by atoms with van der Waals surface area (Å²) in [4.78, 5) is 0. The molecule has 1 aromatic heterocycles. The standard InChI is InChI=1S/C13H17N3O3S/c1-3-16(9-13-11(2)14-19-15-13)20(17,18)10-12-7-5-4-6-8-12/h4-8H,3,9-10H2,1-2H3. The van der Waals surface area contributed by atoms with Crippen LogP contribution in [-0.4, -0.2) is 29.6 Å². The average molecular weight is 295 g/mol. The van der Waals surface area contributed by atoms with Gasteiger partial charge in [-0.15, -0.1) is 0 Å². The largest absolute Gasteiger partial charge is 0.244 e. The Morgan fingerprint density at radius 2 is 1.90 bits per heavy atom. The molecule has 7 heteroatoms. The van der Waals surface area contributed by atoms with Crippen LogP contribution in [0.2, 0.25) is 0 Å². The molecular formula is C13H17N3O3S. The Morgan fingerprint density at radius 3 is 2.45 bits per heavy atom. The Hall–Kier alpha value is -1.73. The van der Waals surface area contributed by atoms with E-state index in [9.17, 15) is 8.42 Å². The molecule has 0 saturated carbocycles. The SMILES string of the molecule is CCN(Cc1nonc1C)S(=O)(=O)Cc1ccccc1. The van der Waals surface area contributed by atoms with E-state index in [0.717, 1.165) is 5.56 Å². The lowest BCUT2D eigenvalue weighted by atomic mass is 10.2. The van der Waals surface area contributed by atoms with Gasteiger partial charge in [0.1, 0.15) is 11.4 Å². The molecule has 0 saturated heterocycles. The zero-order valence-electron chi connectivity index (χ0n) is 11.5. The number of benzene rings is 1. The zero-order valence-corrected chi connectivity index (χ0v) is 12.3. The lowest BCUT2D eigenvalue weighted by molar-refractivity contribution is 0.296. The molecule has 0 atom stereocenters. The smallest absolute Gasteiger partial charge is 0.218 e. The molecule has 20 heavy (non-hydrogen) atoms. The molecule has 0 bridgehead atoms. The quantitative estimate of drug-likeness (QED) is 0.811. The van der Waals surface area contributed by atoms with Gasteiger partial charge in [0.2, 0.25) is 10.0 Å². The van der Waals surface area contributed by atoms with E-state index in [1.165, 1.54) is 4.31 Å². The van der Waals surface area contributed by atoms with Crippen molar-refractivity contribution in [2.75, 3.05) is 6.54 Å². The van der Waals surface area contributed by atoms with Crippen molar-refractivity contribution in [3.63, 3.8) is 0 Å². The second kappa shape index (κ2) is 6.15. The normalized spacial score (nSPS) is 11.9. The van der Waals surface area contributed by atoms with E-state index in [2.05, 4.69) is 14.9 Å². The number of nitrogens with zero attached hydrogens (tertiary/aromatic N) is 3. The van der Waals surface area contributed by atoms with Gasteiger partial charge in [-0.2, -0.15) is 4.31 Å². The molecule has 0 aliphatic carbocycles. The summed E-state index contributed by atoms with van der Waals surface area (Å²) in [7, 11) is -3.39. The van der Waals surface area contributed by atoms with E-state index >= 15 is 0 Å². The third kappa shape index (κ3) is 3.43. The number of aryl methyl sites for hydroxylation is 1. The summed E-state index contributed by atoms with van der Waals surface area (Å²) < 4.78 is 30.8. The van der Waals surface area contributed by atoms with Crippen molar-refractivity contribution in [3.05, 3.63) is 47.3 Å². The fraction of sp³-hybridized carbons (Fsp3) is 0.385. The number of aromatic nitrogens is 2. The average Bonchev–Trinajstić information content (AvgIpc) is 2.82. The van der Waals surface area contributed by atoms with Gasteiger partial charge in [-0.3, -0.25) is 0 Å². The van der Waals surface area contributed by atoms with Crippen LogP contribution >= 0.6 is 0 Å². The van der Waals surface area contributed by atoms with Gasteiger partial charge >= 0.3 is 0 Å². The van der Waals surface area contributed by atoms with Crippen LogP contribution in [0.25, 0.3) is 0 Å². The highest BCUT2D eigenvalue weighted by Gasteiger charge is 2.23. The second-order valence-electron chi connectivity index (χ2n) is 4.46. The highest BCUT2D eigenvalue weighted by Crippen LogP contribution is 2.14. The summed E-state index contributed by atoms with van der Waals surface area (Å²) >= 11 is 0. The molecule has 6 nitrogen and oxygen atoms in total. The van der Waals surface area contributed by atoms with Gasteiger partial charge in [-0.25, -0.2) is 13.0 Å². The molecular weight excluding hydrogens is 278 g/mol. The summed E-state index contributed by atoms with van der Waals surface area (Å²) in [6, 6.07) is 9.11. The van der Waals surface area contributed by atoms with Crippen molar-refractivity contribution in [1.82, 2.24) is 14.6 Å². The highest BCUT2D eigenvalue weighted by molar-refractivity contribution is 7.88. The monoisotopic (exact) mass is 295 g/mol. The molecule has 2 aromatic rings. The predicted molar refractivity (Wildman–Crippen MR) is 74.2 cm³/mol. The van der Waals surface area contributed by atoms with Gasteiger partial charge in [0.05, 0.1) is 12.3 Å². The number of hydrogen-bond acceptors (Lipinski definition) is 5. The van der Waals surface area contributed by atoms with Crippen LogP contribution in [0.15, 0.2) is 35.0 Å². The topological polar surface area (TPSA) is 76.3 Å². The first kappa shape index (κ1) is 14.7. The Balaban J connectivity index is 2.16. The van der Waals surface area contributed by atoms with Gasteiger partial charge < -0.3 is 0 Å². The van der Waals surface area contributed by atoms with Crippen molar-refractivity contribution in [2.24, 2.45) is 0 Å². The summed E-state index contributed by atoms with van der Waals surface area (Å²) in [6.07, 6.45) is 0. The minimum Gasteiger partial charge on any atom is -0.244 e. The number of sulfonamides is 1. The van der Waals surface area contributed by atoms with Gasteiger partial charge in [0.15, 0.2) is 0 Å². The first-order chi connectivity index (χ1) is 9.53. The molecule has 0 amide bonds. The highest BCUT2D eigenvalue weighted by atomic mass is 32.2. The Morgan fingerprint density at radius 1 is 1.20 bits per heavy atom. The zero-order chi connectivity index (χ0) is 14.6. The summed E-state index contributed by atoms with van der Waals surface area (Å²) in [6.45, 7) is 4.09. The molecule has 0 aliphatic heterocycles. The number of rotatable bonds is 6. The van der Waals surface area contributed by atoms with Crippen molar-refractivity contribution in [2.45, 2.75) is 26.1 Å². The minimum absolute atomic E-state index is 0.0218. The van der Waals surface area contributed by atoms with Crippen molar-refractivity contribution < 1.29 is 13.0 Å². The van der Waals surface area contributed by atoms with Crippen LogP contribution in [0.4, 0.5) is 0 Å². The van der Waals surface area contributed by atoms with Crippen LogP contribution in [0, 0.1) is 6.92 Å². The third-order valence-electron chi connectivity index (χ3n) is 3.01. The van der Waals surface area contributed by atoms with E-state index in [1.807, 2.05) is 18.2 Å². The number of hydrogen-bond donors (Lipinski definition) is 0. The van der Waals surface area contributed by atoms with Crippen LogP contribution in [0.5, 0.6) is 0 Å². The van der Waals surface area contributed by atoms with E-state index < -0.39 is 10.0 Å². The fourth-order valence-electron chi connectivity index (χ4n) is 1.84. The van der Waals surface area contributed by atoms with Gasteiger partial charge in [-0.05, 0) is 12.5 Å². The maximum absolute atomic E-state index is 12.4. The van der Waals surface area contributed by atoms with E-state index in [0.29, 0.717) is 17.9 Å². The lowest BCUT2D eigenvalue weighted by Gasteiger charge is -2.19. The fourth-order valence-corrected chi connectivity index (χ4v) is 3.35. The van der Waals surface area contributed by atoms with Crippen LogP contribution in [0.3, 0.4) is 0 Å². The predicted octanol–water partition coefficient (Wildman–Crippen LogP) is 1.73. The maximum Gasteiger partial charge on any atom is 0.218 e. The summed E-state index contributed by atoms with van der Waals surface area (Å²) in [5.74, 6) is -0.0218. The van der Waals surface area contributed by atoms with Gasteiger partial charge in [-0.1, -0.05) is 47.6 Å². The first-order valence-corrected chi connectivity index (χ1v) is 7.93. The Labute approximate surface area is 118 Å². The molecule has 0 radical (unpaired) electrons. The maximum atomic E-state index is 12.4. The van der Waals surface area contributed by atoms with E-state index in [1.54, 1.807) is 26.0 Å². The molecule has 2 rings (SSSR count). The molecule has 0 spiro atoms. The van der Waals surface area contributed by atoms with Gasteiger partial charge in [0, 0.05) is 6.54 Å². The summed E-state index contributed by atoms with van der Waals surface area (Å²) in [5.41, 5.74) is 1.92. The van der Waals surface area contributed by atoms with Crippen LogP contribution in [-0.2, 0) is 22.3 Å². The van der Waals surface area contributed by atoms with E-state index in [4.69, 9.17) is 0 Å². The molecule has 1 heterocycles. The molecule has 0 N–H and O–H groups in total. The molecule has 0 fully saturated rings. The first-order valence-electron chi connectivity index (χ1n) is 6.32. The second-order valence-corrected chi connectivity index (χ2v) is 6.43. The third-order valence-corrected chi connectivity index (χ3v) is 4.88. The minimum atomic E-state index is -3.39. The molecule has 0 unspecified atom stereocenters. The Kier molecular flexibility index (Phi) is 4.51. The van der Waals surface area contributed by atoms with Crippen molar-refractivity contribution in [1.29, 1.82) is 0 Å². The van der Waals surface area contributed by atoms with Gasteiger partial charge in [0.25, 0.3) is 0 Å². The molecule has 1 aromatic carbocycles. The van der Waals surface area contributed by atoms with Crippen LogP contribution in [0.1, 0.15) is 23.9 Å².